The van der Waals surface area contributed by atoms with E-state index in [2.05, 4.69) is 0 Å². The third-order valence-corrected chi connectivity index (χ3v) is 2.57. The van der Waals surface area contributed by atoms with Crippen molar-refractivity contribution >= 4 is 11.8 Å². The monoisotopic (exact) mass is 204 g/mol. The summed E-state index contributed by atoms with van der Waals surface area (Å²) in [5, 5.41) is 0. The summed E-state index contributed by atoms with van der Waals surface area (Å²) >= 11 is 0. The Morgan fingerprint density at radius 2 is 2.27 bits per heavy atom. The van der Waals surface area contributed by atoms with Gasteiger partial charge in [0.2, 0.25) is 5.91 Å². The molecule has 1 aromatic carbocycles. The number of hydrogen-bond donors (Lipinski definition) is 1. The number of primary amides is 1. The highest BCUT2D eigenvalue weighted by atomic mass is 16.2. The van der Waals surface area contributed by atoms with Crippen LogP contribution in [0.4, 0.5) is 0 Å². The number of carbonyl (C=O) groups excluding carboxylic acids is 2. The molecule has 1 aromatic rings. The van der Waals surface area contributed by atoms with E-state index in [9.17, 15) is 9.59 Å². The molecule has 78 valence electrons. The van der Waals surface area contributed by atoms with Gasteiger partial charge in [-0.2, -0.15) is 0 Å². The topological polar surface area (TPSA) is 63.4 Å². The molecule has 15 heavy (non-hydrogen) atoms. The van der Waals surface area contributed by atoms with Crippen LogP contribution in [0, 0.1) is 6.92 Å². The number of hydrogen-bond acceptors (Lipinski definition) is 2. The van der Waals surface area contributed by atoms with Gasteiger partial charge in [0.15, 0.2) is 0 Å². The Balaban J connectivity index is 2.34. The van der Waals surface area contributed by atoms with Crippen LogP contribution in [0.3, 0.4) is 0 Å². The Bertz CT molecular complexity index is 440. The molecule has 1 heterocycles. The van der Waals surface area contributed by atoms with E-state index in [0.29, 0.717) is 6.54 Å². The minimum atomic E-state index is -0.478. The van der Waals surface area contributed by atoms with Gasteiger partial charge in [-0.25, -0.2) is 0 Å². The van der Waals surface area contributed by atoms with Crippen molar-refractivity contribution in [3.05, 3.63) is 34.9 Å². The molecule has 0 radical (unpaired) electrons. The van der Waals surface area contributed by atoms with Gasteiger partial charge in [-0.05, 0) is 18.1 Å². The van der Waals surface area contributed by atoms with Crippen molar-refractivity contribution in [2.24, 2.45) is 5.73 Å². The molecule has 2 amide bonds. The van der Waals surface area contributed by atoms with E-state index in [1.54, 1.807) is 0 Å². The molecule has 0 bridgehead atoms. The third-order valence-electron chi connectivity index (χ3n) is 2.57. The zero-order chi connectivity index (χ0) is 11.0. The molecule has 2 N–H and O–H groups in total. The van der Waals surface area contributed by atoms with Gasteiger partial charge in [-0.3, -0.25) is 9.59 Å². The Kier molecular flexibility index (Phi) is 2.19. The first-order valence-corrected chi connectivity index (χ1v) is 4.75. The molecule has 0 aromatic heterocycles. The van der Waals surface area contributed by atoms with Gasteiger partial charge in [-0.15, -0.1) is 0 Å². The Hall–Kier alpha value is -1.84. The summed E-state index contributed by atoms with van der Waals surface area (Å²) in [7, 11) is 0. The fourth-order valence-electron chi connectivity index (χ4n) is 1.92. The largest absolute Gasteiger partial charge is 0.368 e. The highest BCUT2D eigenvalue weighted by Gasteiger charge is 2.29. The summed E-state index contributed by atoms with van der Waals surface area (Å²) in [5.74, 6) is -0.573. The molecule has 4 heteroatoms. The fourth-order valence-corrected chi connectivity index (χ4v) is 1.92. The lowest BCUT2D eigenvalue weighted by Gasteiger charge is -2.12. The van der Waals surface area contributed by atoms with Crippen LogP contribution in [-0.2, 0) is 11.3 Å². The summed E-state index contributed by atoms with van der Waals surface area (Å²) in [6.45, 7) is 2.37. The molecule has 0 atom stereocenters. The van der Waals surface area contributed by atoms with Crippen molar-refractivity contribution < 1.29 is 9.59 Å². The minimum absolute atomic E-state index is 0.00699. The molecular weight excluding hydrogens is 192 g/mol. The van der Waals surface area contributed by atoms with E-state index in [1.807, 2.05) is 25.1 Å². The molecule has 0 spiro atoms. The smallest absolute Gasteiger partial charge is 0.255 e. The second-order valence-corrected chi connectivity index (χ2v) is 3.74. The van der Waals surface area contributed by atoms with Gasteiger partial charge in [0.25, 0.3) is 5.91 Å². The average molecular weight is 204 g/mol. The fraction of sp³-hybridized carbons (Fsp3) is 0.273. The molecule has 0 aliphatic carbocycles. The van der Waals surface area contributed by atoms with Gasteiger partial charge < -0.3 is 10.6 Å². The van der Waals surface area contributed by atoms with Crippen LogP contribution in [-0.4, -0.2) is 23.3 Å². The second-order valence-electron chi connectivity index (χ2n) is 3.74. The average Bonchev–Trinajstić information content (AvgIpc) is 2.44. The SMILES string of the molecule is Cc1cccc2c1C(=O)N(CC(N)=O)C2. The zero-order valence-electron chi connectivity index (χ0n) is 8.49. The third kappa shape index (κ3) is 1.58. The first-order valence-electron chi connectivity index (χ1n) is 4.75. The minimum Gasteiger partial charge on any atom is -0.368 e. The number of amides is 2. The summed E-state index contributed by atoms with van der Waals surface area (Å²) in [4.78, 5) is 24.1. The standard InChI is InChI=1S/C11H12N2O2/c1-7-3-2-4-8-5-13(6-9(12)14)11(15)10(7)8/h2-4H,5-6H2,1H3,(H2,12,14). The van der Waals surface area contributed by atoms with Crippen LogP contribution in [0.5, 0.6) is 0 Å². The van der Waals surface area contributed by atoms with E-state index >= 15 is 0 Å². The first-order chi connectivity index (χ1) is 7.09. The maximum absolute atomic E-state index is 11.9. The van der Waals surface area contributed by atoms with Crippen molar-refractivity contribution in [2.45, 2.75) is 13.5 Å². The number of aryl methyl sites for hydroxylation is 1. The van der Waals surface area contributed by atoms with Crippen LogP contribution in [0.2, 0.25) is 0 Å². The molecule has 1 aliphatic heterocycles. The summed E-state index contributed by atoms with van der Waals surface area (Å²) in [5.41, 5.74) is 7.72. The number of carbonyl (C=O) groups is 2. The second kappa shape index (κ2) is 3.38. The van der Waals surface area contributed by atoms with Gasteiger partial charge >= 0.3 is 0 Å². The van der Waals surface area contributed by atoms with E-state index in [4.69, 9.17) is 5.73 Å². The quantitative estimate of drug-likeness (QED) is 0.759. The Labute approximate surface area is 87.7 Å². The number of nitrogens with two attached hydrogens (primary N) is 1. The lowest BCUT2D eigenvalue weighted by Crippen LogP contribution is -2.33. The van der Waals surface area contributed by atoms with Crippen molar-refractivity contribution in [2.75, 3.05) is 6.54 Å². The van der Waals surface area contributed by atoms with Gasteiger partial charge in [0, 0.05) is 12.1 Å². The van der Waals surface area contributed by atoms with Gasteiger partial charge in [0.05, 0.1) is 6.54 Å². The molecule has 2 rings (SSSR count). The number of rotatable bonds is 2. The van der Waals surface area contributed by atoms with Crippen LogP contribution < -0.4 is 5.73 Å². The highest BCUT2D eigenvalue weighted by molar-refractivity contribution is 6.01. The number of nitrogens with zero attached hydrogens (tertiary/aromatic N) is 1. The first kappa shape index (κ1) is 9.71. The molecule has 0 saturated carbocycles. The summed E-state index contributed by atoms with van der Waals surface area (Å²) in [6, 6.07) is 5.71. The van der Waals surface area contributed by atoms with Crippen LogP contribution in [0.25, 0.3) is 0 Å². The van der Waals surface area contributed by atoms with Crippen LogP contribution >= 0.6 is 0 Å². The predicted octanol–water partition coefficient (Wildman–Crippen LogP) is 0.436. The zero-order valence-corrected chi connectivity index (χ0v) is 8.49. The van der Waals surface area contributed by atoms with Crippen molar-refractivity contribution in [1.82, 2.24) is 4.90 Å². The molecule has 0 fully saturated rings. The summed E-state index contributed by atoms with van der Waals surface area (Å²) < 4.78 is 0. The lowest BCUT2D eigenvalue weighted by atomic mass is 10.0. The molecule has 1 aliphatic rings. The molecule has 0 saturated heterocycles. The molecule has 0 unspecified atom stereocenters. The normalized spacial score (nSPS) is 14.2. The van der Waals surface area contributed by atoms with Crippen LogP contribution in [0.1, 0.15) is 21.5 Å². The number of fused-ring (bicyclic) bond motifs is 1. The lowest BCUT2D eigenvalue weighted by molar-refractivity contribution is -0.118. The van der Waals surface area contributed by atoms with Crippen LogP contribution in [0.15, 0.2) is 18.2 Å². The Morgan fingerprint density at radius 3 is 2.87 bits per heavy atom. The predicted molar refractivity (Wildman–Crippen MR) is 55.1 cm³/mol. The summed E-state index contributed by atoms with van der Waals surface area (Å²) in [6.07, 6.45) is 0. The maximum atomic E-state index is 11.9. The van der Waals surface area contributed by atoms with E-state index < -0.39 is 5.91 Å². The molecule has 4 nitrogen and oxygen atoms in total. The van der Waals surface area contributed by atoms with Gasteiger partial charge in [-0.1, -0.05) is 18.2 Å². The maximum Gasteiger partial charge on any atom is 0.255 e. The van der Waals surface area contributed by atoms with Crippen molar-refractivity contribution in [3.63, 3.8) is 0 Å². The van der Waals surface area contributed by atoms with E-state index in [0.717, 1.165) is 16.7 Å². The molecular formula is C11H12N2O2. The van der Waals surface area contributed by atoms with Crippen molar-refractivity contribution in [3.8, 4) is 0 Å². The number of benzene rings is 1. The van der Waals surface area contributed by atoms with Gasteiger partial charge in [0.1, 0.15) is 0 Å². The Morgan fingerprint density at radius 1 is 1.53 bits per heavy atom. The van der Waals surface area contributed by atoms with E-state index in [1.165, 1.54) is 4.90 Å². The van der Waals surface area contributed by atoms with Crippen molar-refractivity contribution in [1.29, 1.82) is 0 Å². The van der Waals surface area contributed by atoms with E-state index in [-0.39, 0.29) is 12.5 Å². The highest BCUT2D eigenvalue weighted by Crippen LogP contribution is 2.24.